The van der Waals surface area contributed by atoms with Crippen molar-refractivity contribution in [3.05, 3.63) is 53.9 Å². The van der Waals surface area contributed by atoms with Crippen molar-refractivity contribution in [2.24, 2.45) is 0 Å². The van der Waals surface area contributed by atoms with Gasteiger partial charge in [-0.3, -0.25) is 4.79 Å². The molecule has 1 heterocycles. The Morgan fingerprint density at radius 3 is 2.38 bits per heavy atom. The molecule has 0 saturated heterocycles. The summed E-state index contributed by atoms with van der Waals surface area (Å²) in [6, 6.07) is 6.73. The maximum atomic E-state index is 13.1. The summed E-state index contributed by atoms with van der Waals surface area (Å²) >= 11 is 0. The number of carbonyl (C=O) groups is 1. The van der Waals surface area contributed by atoms with E-state index < -0.39 is 11.6 Å². The highest BCUT2D eigenvalue weighted by molar-refractivity contribution is 5.92. The summed E-state index contributed by atoms with van der Waals surface area (Å²) in [4.78, 5) is 15.7. The molecule has 0 radical (unpaired) electrons. The predicted octanol–water partition coefficient (Wildman–Crippen LogP) is 3.24. The molecule has 1 aromatic heterocycles. The number of hydrogen-bond acceptors (Lipinski definition) is 3. The zero-order valence-corrected chi connectivity index (χ0v) is 11.7. The first kappa shape index (κ1) is 14.9. The van der Waals surface area contributed by atoms with Crippen LogP contribution in [0.5, 0.6) is 0 Å². The summed E-state index contributed by atoms with van der Waals surface area (Å²) in [6.45, 7) is 3.72. The molecule has 2 rings (SSSR count). The van der Waals surface area contributed by atoms with E-state index in [1.165, 1.54) is 12.3 Å². The molecule has 2 aromatic rings. The molecule has 6 heteroatoms. The van der Waals surface area contributed by atoms with Gasteiger partial charge in [0.15, 0.2) is 11.6 Å². The first-order chi connectivity index (χ1) is 9.95. The Morgan fingerprint density at radius 2 is 1.81 bits per heavy atom. The highest BCUT2D eigenvalue weighted by Gasteiger charge is 2.08. The van der Waals surface area contributed by atoms with E-state index in [2.05, 4.69) is 15.6 Å². The summed E-state index contributed by atoms with van der Waals surface area (Å²) < 4.78 is 25.9. The molecule has 0 aliphatic heterocycles. The number of pyridine rings is 1. The Balaban J connectivity index is 2.08. The third-order valence-electron chi connectivity index (χ3n) is 2.62. The lowest BCUT2D eigenvalue weighted by molar-refractivity contribution is 0.0938. The Morgan fingerprint density at radius 1 is 1.10 bits per heavy atom. The topological polar surface area (TPSA) is 54.0 Å². The van der Waals surface area contributed by atoms with Crippen molar-refractivity contribution in [3.63, 3.8) is 0 Å². The second-order valence-corrected chi connectivity index (χ2v) is 4.81. The number of nitrogens with zero attached hydrogens (tertiary/aromatic N) is 1. The van der Waals surface area contributed by atoms with E-state index in [-0.39, 0.29) is 11.9 Å². The van der Waals surface area contributed by atoms with E-state index in [0.29, 0.717) is 17.1 Å². The van der Waals surface area contributed by atoms with Crippen molar-refractivity contribution < 1.29 is 13.6 Å². The van der Waals surface area contributed by atoms with Gasteiger partial charge in [-0.2, -0.15) is 0 Å². The standard InChI is InChI=1S/C15H15F2N3O/c1-9(2)19-15(21)14-6-4-11(8-18-14)20-10-3-5-12(16)13(17)7-10/h3-9,20H,1-2H3,(H,19,21). The quantitative estimate of drug-likeness (QED) is 0.909. The smallest absolute Gasteiger partial charge is 0.270 e. The molecule has 0 bridgehead atoms. The summed E-state index contributed by atoms with van der Waals surface area (Å²) in [6.07, 6.45) is 1.45. The summed E-state index contributed by atoms with van der Waals surface area (Å²) in [7, 11) is 0. The average Bonchev–Trinajstić information content (AvgIpc) is 2.43. The Labute approximate surface area is 121 Å². The maximum Gasteiger partial charge on any atom is 0.270 e. The molecular weight excluding hydrogens is 276 g/mol. The zero-order chi connectivity index (χ0) is 15.4. The first-order valence-corrected chi connectivity index (χ1v) is 6.44. The minimum absolute atomic E-state index is 0.0271. The van der Waals surface area contributed by atoms with Gasteiger partial charge < -0.3 is 10.6 Å². The van der Waals surface area contributed by atoms with Crippen molar-refractivity contribution >= 4 is 17.3 Å². The number of rotatable bonds is 4. The van der Waals surface area contributed by atoms with Gasteiger partial charge >= 0.3 is 0 Å². The fraction of sp³-hybridized carbons (Fsp3) is 0.200. The third-order valence-corrected chi connectivity index (χ3v) is 2.62. The van der Waals surface area contributed by atoms with Crippen LogP contribution in [0.1, 0.15) is 24.3 Å². The number of hydrogen-bond donors (Lipinski definition) is 2. The van der Waals surface area contributed by atoms with Crippen LogP contribution in [-0.2, 0) is 0 Å². The van der Waals surface area contributed by atoms with Crippen LogP contribution in [0.4, 0.5) is 20.2 Å². The van der Waals surface area contributed by atoms with E-state index >= 15 is 0 Å². The normalized spacial score (nSPS) is 10.5. The van der Waals surface area contributed by atoms with Crippen molar-refractivity contribution in [2.45, 2.75) is 19.9 Å². The first-order valence-electron chi connectivity index (χ1n) is 6.44. The lowest BCUT2D eigenvalue weighted by atomic mass is 10.2. The molecule has 0 aliphatic carbocycles. The molecule has 110 valence electrons. The van der Waals surface area contributed by atoms with Crippen molar-refractivity contribution in [2.75, 3.05) is 5.32 Å². The molecule has 0 saturated carbocycles. The van der Waals surface area contributed by atoms with Gasteiger partial charge in [-0.1, -0.05) is 0 Å². The van der Waals surface area contributed by atoms with Gasteiger partial charge in [-0.15, -0.1) is 0 Å². The number of halogens is 2. The van der Waals surface area contributed by atoms with Crippen molar-refractivity contribution in [1.82, 2.24) is 10.3 Å². The maximum absolute atomic E-state index is 13.1. The number of amides is 1. The van der Waals surface area contributed by atoms with Crippen LogP contribution < -0.4 is 10.6 Å². The lowest BCUT2D eigenvalue weighted by Crippen LogP contribution is -2.30. The molecule has 2 N–H and O–H groups in total. The largest absolute Gasteiger partial charge is 0.354 e. The molecule has 0 aliphatic rings. The molecule has 0 atom stereocenters. The summed E-state index contributed by atoms with van der Waals surface area (Å²) in [5.41, 5.74) is 1.26. The fourth-order valence-corrected chi connectivity index (χ4v) is 1.68. The molecule has 4 nitrogen and oxygen atoms in total. The minimum Gasteiger partial charge on any atom is -0.354 e. The second-order valence-electron chi connectivity index (χ2n) is 4.81. The molecule has 1 aromatic carbocycles. The van der Waals surface area contributed by atoms with Gasteiger partial charge in [0.25, 0.3) is 5.91 Å². The van der Waals surface area contributed by atoms with Crippen LogP contribution in [0.25, 0.3) is 0 Å². The Hall–Kier alpha value is -2.50. The Kier molecular flexibility index (Phi) is 4.47. The van der Waals surface area contributed by atoms with Crippen LogP contribution in [0.3, 0.4) is 0 Å². The second kappa shape index (κ2) is 6.30. The number of carbonyl (C=O) groups excluding carboxylic acids is 1. The minimum atomic E-state index is -0.930. The molecule has 0 spiro atoms. The van der Waals surface area contributed by atoms with Crippen molar-refractivity contribution in [1.29, 1.82) is 0 Å². The van der Waals surface area contributed by atoms with Gasteiger partial charge in [0.2, 0.25) is 0 Å². The Bertz CT molecular complexity index is 642. The van der Waals surface area contributed by atoms with E-state index in [4.69, 9.17) is 0 Å². The van der Waals surface area contributed by atoms with E-state index in [1.54, 1.807) is 12.1 Å². The third kappa shape index (κ3) is 3.98. The lowest BCUT2D eigenvalue weighted by Gasteiger charge is -2.09. The highest BCUT2D eigenvalue weighted by Crippen LogP contribution is 2.18. The number of nitrogens with one attached hydrogen (secondary N) is 2. The zero-order valence-electron chi connectivity index (χ0n) is 11.7. The van der Waals surface area contributed by atoms with E-state index in [1.807, 2.05) is 13.8 Å². The number of anilines is 2. The van der Waals surface area contributed by atoms with Gasteiger partial charge in [0.05, 0.1) is 11.9 Å². The van der Waals surface area contributed by atoms with E-state index in [0.717, 1.165) is 12.1 Å². The van der Waals surface area contributed by atoms with E-state index in [9.17, 15) is 13.6 Å². The van der Waals surface area contributed by atoms with Gasteiger partial charge in [0, 0.05) is 17.8 Å². The summed E-state index contributed by atoms with van der Waals surface area (Å²) in [5, 5.41) is 5.61. The molecular formula is C15H15F2N3O. The van der Waals surface area contributed by atoms with Crippen LogP contribution in [0.2, 0.25) is 0 Å². The van der Waals surface area contributed by atoms with Crippen LogP contribution in [0.15, 0.2) is 36.5 Å². The van der Waals surface area contributed by atoms with Gasteiger partial charge in [-0.25, -0.2) is 13.8 Å². The van der Waals surface area contributed by atoms with Crippen LogP contribution in [0, 0.1) is 11.6 Å². The number of aromatic nitrogens is 1. The van der Waals surface area contributed by atoms with Crippen LogP contribution >= 0.6 is 0 Å². The molecule has 0 fully saturated rings. The average molecular weight is 291 g/mol. The number of benzene rings is 1. The molecule has 21 heavy (non-hydrogen) atoms. The SMILES string of the molecule is CC(C)NC(=O)c1ccc(Nc2ccc(F)c(F)c2)cn1. The van der Waals surface area contributed by atoms with Gasteiger partial charge in [0.1, 0.15) is 5.69 Å². The van der Waals surface area contributed by atoms with Crippen molar-refractivity contribution in [3.8, 4) is 0 Å². The molecule has 0 unspecified atom stereocenters. The molecule has 1 amide bonds. The highest BCUT2D eigenvalue weighted by atomic mass is 19.2. The summed E-state index contributed by atoms with van der Waals surface area (Å²) in [5.74, 6) is -2.09. The predicted molar refractivity (Wildman–Crippen MR) is 76.5 cm³/mol. The fourth-order valence-electron chi connectivity index (χ4n) is 1.68. The van der Waals surface area contributed by atoms with Crippen LogP contribution in [-0.4, -0.2) is 16.9 Å². The monoisotopic (exact) mass is 291 g/mol. The van der Waals surface area contributed by atoms with Gasteiger partial charge in [-0.05, 0) is 38.1 Å².